The monoisotopic (exact) mass is 1210 g/mol. The van der Waals surface area contributed by atoms with Gasteiger partial charge in [0, 0.05) is 37.4 Å². The Labute approximate surface area is 508 Å². The van der Waals surface area contributed by atoms with Gasteiger partial charge in [-0.25, -0.2) is 4.79 Å². The molecule has 7 rings (SSSR count). The van der Waals surface area contributed by atoms with Crippen molar-refractivity contribution in [2.24, 2.45) is 0 Å². The van der Waals surface area contributed by atoms with Gasteiger partial charge < -0.3 is 67.6 Å². The summed E-state index contributed by atoms with van der Waals surface area (Å²) in [5.74, 6) is -1.12. The maximum absolute atomic E-state index is 14.6. The average molecular weight is 1210 g/mol. The number of allylic oxidation sites excluding steroid dienone is 1. The standard InChI is InChI=1S/C65H82N4O18/c1-8-47(45-38-56(78-5)60(80-7)57(39-45)79-6)62(73)68-28-12-11-18-51(68)65(76)87-53(26-24-44-23-21-42(2)55(37-44)77-4)48-16-9-10-19-52(48)86-41-58(71)66-27-30-82-32-34-84-36-35-83-33-31-81-29-14-15-46(70)40-85-54-20-13-17-49-59(54)64(75)69(63(49)74)50-25-22-43(3)67-61(50)72/h9-10,13,16-17,19-21,23,37-39,47,50-51,53H,3,8,11-12,14-15,18,22,24-36,40-41H2,1-2,4-7H3,(H,66,71)(H,67,72)/t47-,50?,51-,53+/m0/s1. The van der Waals surface area contributed by atoms with Crippen molar-refractivity contribution in [1.29, 1.82) is 0 Å². The Morgan fingerprint density at radius 3 is 2.06 bits per heavy atom. The van der Waals surface area contributed by atoms with Gasteiger partial charge in [-0.15, -0.1) is 0 Å². The number of benzene rings is 4. The first kappa shape index (κ1) is 66.5. The lowest BCUT2D eigenvalue weighted by Crippen LogP contribution is -2.51. The van der Waals surface area contributed by atoms with Gasteiger partial charge in [0.15, 0.2) is 23.9 Å². The number of nitrogens with one attached hydrogen (secondary N) is 2. The highest BCUT2D eigenvalue weighted by Gasteiger charge is 2.46. The Morgan fingerprint density at radius 2 is 1.38 bits per heavy atom. The largest absolute Gasteiger partial charge is 0.496 e. The van der Waals surface area contributed by atoms with E-state index in [4.69, 9.17) is 52.1 Å². The molecule has 470 valence electrons. The lowest BCUT2D eigenvalue weighted by molar-refractivity contribution is -0.162. The lowest BCUT2D eigenvalue weighted by Gasteiger charge is -2.37. The predicted molar refractivity (Wildman–Crippen MR) is 319 cm³/mol. The number of imide groups is 1. The van der Waals surface area contributed by atoms with Crippen LogP contribution < -0.4 is 39.1 Å². The summed E-state index contributed by atoms with van der Waals surface area (Å²) in [7, 11) is 6.19. The maximum Gasteiger partial charge on any atom is 0.329 e. The van der Waals surface area contributed by atoms with Gasteiger partial charge in [0.1, 0.15) is 42.0 Å². The van der Waals surface area contributed by atoms with Gasteiger partial charge in [-0.3, -0.25) is 33.7 Å². The molecule has 2 N–H and O–H groups in total. The summed E-state index contributed by atoms with van der Waals surface area (Å²) in [4.78, 5) is 96.4. The van der Waals surface area contributed by atoms with Crippen molar-refractivity contribution >= 4 is 41.3 Å². The van der Waals surface area contributed by atoms with Crippen LogP contribution in [0.15, 0.2) is 85.1 Å². The number of para-hydroxylation sites is 1. The number of ether oxygens (including phenoxy) is 11. The second-order valence-corrected chi connectivity index (χ2v) is 21.1. The Bertz CT molecular complexity index is 3010. The molecule has 2 saturated heterocycles. The molecule has 4 atom stereocenters. The van der Waals surface area contributed by atoms with Gasteiger partial charge in [-0.2, -0.15) is 0 Å². The van der Waals surface area contributed by atoms with Crippen molar-refractivity contribution in [3.63, 3.8) is 0 Å². The van der Waals surface area contributed by atoms with Crippen LogP contribution in [0, 0.1) is 6.92 Å². The number of hydrogen-bond acceptors (Lipinski definition) is 18. The SMILES string of the molecule is C=C1CCC(N2C(=O)c3cccc(OCC(=O)CCCOCCOCCOCCOCCNC(=O)COc4ccccc4[C@@H](CCc4ccc(C)c(OC)c4)OC(=O)[C@@H]4CCCCN4C(=O)[C@@H](CC)c4cc(OC)c(OC)c(OC)c4)c3C2=O)C(=O)N1. The van der Waals surface area contributed by atoms with Crippen LogP contribution in [-0.4, -0.2) is 171 Å². The van der Waals surface area contributed by atoms with Crippen molar-refractivity contribution in [3.8, 4) is 34.5 Å². The number of rotatable bonds is 36. The van der Waals surface area contributed by atoms with E-state index < -0.39 is 47.8 Å². The Kier molecular flexibility index (Phi) is 25.8. The van der Waals surface area contributed by atoms with Gasteiger partial charge in [0.25, 0.3) is 17.7 Å². The number of esters is 1. The highest BCUT2D eigenvalue weighted by Crippen LogP contribution is 2.42. The molecule has 1 unspecified atom stereocenters. The van der Waals surface area contributed by atoms with E-state index in [1.807, 2.05) is 44.2 Å². The highest BCUT2D eigenvalue weighted by molar-refractivity contribution is 6.24. The number of hydrogen-bond donors (Lipinski definition) is 2. The number of ketones is 1. The number of methoxy groups -OCH3 is 4. The molecule has 2 fully saturated rings. The van der Waals surface area contributed by atoms with E-state index in [1.54, 1.807) is 42.3 Å². The molecule has 4 aromatic carbocycles. The van der Waals surface area contributed by atoms with E-state index in [1.165, 1.54) is 33.5 Å². The normalized spacial score (nSPS) is 16.3. The van der Waals surface area contributed by atoms with Gasteiger partial charge in [0.05, 0.1) is 91.7 Å². The van der Waals surface area contributed by atoms with Crippen LogP contribution in [0.3, 0.4) is 0 Å². The van der Waals surface area contributed by atoms with E-state index in [0.717, 1.165) is 34.6 Å². The number of Topliss-reactive ketones (excluding diaryl/α,β-unsaturated/α-hetero) is 1. The summed E-state index contributed by atoms with van der Waals surface area (Å²) in [5, 5.41) is 5.42. The quantitative estimate of drug-likeness (QED) is 0.0259. The zero-order valence-corrected chi connectivity index (χ0v) is 50.7. The van der Waals surface area contributed by atoms with E-state index in [-0.39, 0.29) is 73.7 Å². The summed E-state index contributed by atoms with van der Waals surface area (Å²) in [6.07, 6.45) is 3.76. The number of aryl methyl sites for hydroxylation is 2. The molecule has 3 aliphatic heterocycles. The molecular formula is C65H82N4O18. The molecule has 0 bridgehead atoms. The number of carbonyl (C=O) groups excluding carboxylic acids is 7. The molecule has 0 aliphatic carbocycles. The lowest BCUT2D eigenvalue weighted by atomic mass is 9.91. The minimum atomic E-state index is -0.954. The molecule has 0 saturated carbocycles. The van der Waals surface area contributed by atoms with E-state index in [2.05, 4.69) is 17.2 Å². The van der Waals surface area contributed by atoms with Crippen molar-refractivity contribution in [2.75, 3.05) is 108 Å². The third kappa shape index (κ3) is 18.0. The molecule has 0 aromatic heterocycles. The van der Waals surface area contributed by atoms with Crippen LogP contribution in [0.2, 0.25) is 0 Å². The van der Waals surface area contributed by atoms with Crippen LogP contribution in [-0.2, 0) is 54.1 Å². The zero-order valence-electron chi connectivity index (χ0n) is 50.7. The molecule has 87 heavy (non-hydrogen) atoms. The Balaban J connectivity index is 0.784. The predicted octanol–water partition coefficient (Wildman–Crippen LogP) is 7.20. The molecule has 0 radical (unpaired) electrons. The fourth-order valence-corrected chi connectivity index (χ4v) is 10.7. The summed E-state index contributed by atoms with van der Waals surface area (Å²) >= 11 is 0. The molecule has 3 aliphatic rings. The van der Waals surface area contributed by atoms with E-state index in [0.29, 0.717) is 131 Å². The average Bonchev–Trinajstić information content (AvgIpc) is 1.76. The fraction of sp³-hybridized carbons (Fsp3) is 0.492. The van der Waals surface area contributed by atoms with Gasteiger partial charge in [0.2, 0.25) is 17.6 Å². The first-order chi connectivity index (χ1) is 42.2. The minimum absolute atomic E-state index is 0.0392. The zero-order chi connectivity index (χ0) is 62.2. The van der Waals surface area contributed by atoms with Gasteiger partial charge >= 0.3 is 5.97 Å². The van der Waals surface area contributed by atoms with Crippen LogP contribution in [0.1, 0.15) is 120 Å². The van der Waals surface area contributed by atoms with Crippen LogP contribution >= 0.6 is 0 Å². The Morgan fingerprint density at radius 1 is 0.713 bits per heavy atom. The Hall–Kier alpha value is -8.05. The second-order valence-electron chi connectivity index (χ2n) is 21.1. The minimum Gasteiger partial charge on any atom is -0.496 e. The summed E-state index contributed by atoms with van der Waals surface area (Å²) in [5.41, 5.74) is 3.90. The number of nitrogens with zero attached hydrogens (tertiary/aromatic N) is 2. The van der Waals surface area contributed by atoms with Crippen LogP contribution in [0.5, 0.6) is 34.5 Å². The first-order valence-corrected chi connectivity index (χ1v) is 29.6. The molecule has 5 amide bonds. The number of amides is 5. The topological polar surface area (TPSA) is 252 Å². The fourth-order valence-electron chi connectivity index (χ4n) is 10.7. The third-order valence-electron chi connectivity index (χ3n) is 15.3. The van der Waals surface area contributed by atoms with Crippen LogP contribution in [0.25, 0.3) is 0 Å². The van der Waals surface area contributed by atoms with Crippen molar-refractivity contribution in [3.05, 3.63) is 118 Å². The summed E-state index contributed by atoms with van der Waals surface area (Å²) < 4.78 is 63.0. The summed E-state index contributed by atoms with van der Waals surface area (Å²) in [6.45, 7) is 10.1. The van der Waals surface area contributed by atoms with Gasteiger partial charge in [-0.05, 0) is 118 Å². The number of likely N-dealkylation sites (tertiary alicyclic amines) is 1. The molecule has 3 heterocycles. The molecule has 4 aromatic rings. The number of fused-ring (bicyclic) bond motifs is 1. The smallest absolute Gasteiger partial charge is 0.329 e. The number of piperidine rings is 2. The first-order valence-electron chi connectivity index (χ1n) is 29.6. The van der Waals surface area contributed by atoms with E-state index >= 15 is 0 Å². The molecule has 22 nitrogen and oxygen atoms in total. The number of carbonyl (C=O) groups is 7. The maximum atomic E-state index is 14.6. The second kappa shape index (κ2) is 33.7. The van der Waals surface area contributed by atoms with Crippen molar-refractivity contribution in [2.45, 2.75) is 102 Å². The summed E-state index contributed by atoms with van der Waals surface area (Å²) in [6, 6.07) is 19.5. The van der Waals surface area contributed by atoms with Crippen molar-refractivity contribution in [1.82, 2.24) is 20.4 Å². The molecule has 22 heteroatoms. The molecular weight excluding hydrogens is 1120 g/mol. The van der Waals surface area contributed by atoms with E-state index in [9.17, 15) is 33.6 Å². The highest BCUT2D eigenvalue weighted by atomic mass is 16.6. The van der Waals surface area contributed by atoms with Crippen molar-refractivity contribution < 1.29 is 85.7 Å². The van der Waals surface area contributed by atoms with Crippen LogP contribution in [0.4, 0.5) is 0 Å². The molecule has 0 spiro atoms. The third-order valence-corrected chi connectivity index (χ3v) is 15.3. The van der Waals surface area contributed by atoms with Gasteiger partial charge in [-0.1, -0.05) is 49.9 Å².